The Labute approximate surface area is 117 Å². The number of nitrogens with one attached hydrogen (secondary N) is 1. The average molecular weight is 264 g/mol. The molecule has 19 heavy (non-hydrogen) atoms. The van der Waals surface area contributed by atoms with E-state index in [9.17, 15) is 0 Å². The topological polar surface area (TPSA) is 33.1 Å². The maximum atomic E-state index is 4.57. The Morgan fingerprint density at radius 2 is 2.11 bits per heavy atom. The zero-order valence-electron chi connectivity index (χ0n) is 12.9. The Balaban J connectivity index is 2.11. The molecule has 0 aliphatic heterocycles. The van der Waals surface area contributed by atoms with Gasteiger partial charge in [-0.2, -0.15) is 5.10 Å². The SMILES string of the molecule is CCCCN(Cc1c(C)nn(C)c1NCC)C1CC1. The molecule has 0 amide bonds. The first-order valence-electron chi connectivity index (χ1n) is 7.67. The van der Waals surface area contributed by atoms with Gasteiger partial charge in [0.15, 0.2) is 0 Å². The molecule has 1 aromatic rings. The summed E-state index contributed by atoms with van der Waals surface area (Å²) in [5.74, 6) is 1.20. The number of rotatable bonds is 8. The van der Waals surface area contributed by atoms with E-state index >= 15 is 0 Å². The fourth-order valence-corrected chi connectivity index (χ4v) is 2.67. The Bertz CT molecular complexity index is 407. The van der Waals surface area contributed by atoms with Crippen LogP contribution in [0.5, 0.6) is 0 Å². The molecule has 1 N–H and O–H groups in total. The maximum absolute atomic E-state index is 4.57. The van der Waals surface area contributed by atoms with Gasteiger partial charge >= 0.3 is 0 Å². The summed E-state index contributed by atoms with van der Waals surface area (Å²) in [6, 6.07) is 0.820. The van der Waals surface area contributed by atoms with Crippen LogP contribution >= 0.6 is 0 Å². The zero-order valence-corrected chi connectivity index (χ0v) is 12.9. The van der Waals surface area contributed by atoms with Gasteiger partial charge in [0, 0.05) is 31.7 Å². The first-order valence-corrected chi connectivity index (χ1v) is 7.67. The van der Waals surface area contributed by atoms with Crippen LogP contribution in [-0.2, 0) is 13.6 Å². The molecule has 0 saturated heterocycles. The van der Waals surface area contributed by atoms with Crippen molar-refractivity contribution in [1.82, 2.24) is 14.7 Å². The Morgan fingerprint density at radius 3 is 2.68 bits per heavy atom. The molecule has 0 atom stereocenters. The number of aryl methyl sites for hydroxylation is 2. The van der Waals surface area contributed by atoms with E-state index in [1.807, 2.05) is 11.7 Å². The standard InChI is InChI=1S/C15H28N4/c1-5-7-10-19(13-8-9-13)11-14-12(3)17-18(4)15(14)16-6-2/h13,16H,5-11H2,1-4H3. The highest BCUT2D eigenvalue weighted by Gasteiger charge is 2.29. The lowest BCUT2D eigenvalue weighted by molar-refractivity contribution is 0.250. The van der Waals surface area contributed by atoms with E-state index in [0.29, 0.717) is 0 Å². The van der Waals surface area contributed by atoms with Crippen molar-refractivity contribution in [3.05, 3.63) is 11.3 Å². The quantitative estimate of drug-likeness (QED) is 0.783. The van der Waals surface area contributed by atoms with Crippen LogP contribution < -0.4 is 5.32 Å². The molecular formula is C15H28N4. The number of anilines is 1. The van der Waals surface area contributed by atoms with Crippen LogP contribution in [-0.4, -0.2) is 33.8 Å². The van der Waals surface area contributed by atoms with Gasteiger partial charge in [-0.15, -0.1) is 0 Å². The van der Waals surface area contributed by atoms with Gasteiger partial charge in [0.05, 0.1) is 5.69 Å². The summed E-state index contributed by atoms with van der Waals surface area (Å²) in [7, 11) is 2.03. The Kier molecular flexibility index (Phi) is 4.86. The minimum atomic E-state index is 0.820. The normalized spacial score (nSPS) is 15.2. The first-order chi connectivity index (χ1) is 9.17. The van der Waals surface area contributed by atoms with Crippen LogP contribution in [0.15, 0.2) is 0 Å². The van der Waals surface area contributed by atoms with Gasteiger partial charge in [-0.25, -0.2) is 0 Å². The molecule has 2 rings (SSSR count). The number of nitrogens with zero attached hydrogens (tertiary/aromatic N) is 3. The highest BCUT2D eigenvalue weighted by atomic mass is 15.3. The van der Waals surface area contributed by atoms with E-state index in [2.05, 4.69) is 36.1 Å². The van der Waals surface area contributed by atoms with Crippen LogP contribution in [0.3, 0.4) is 0 Å². The van der Waals surface area contributed by atoms with Crippen LogP contribution in [0.1, 0.15) is 50.8 Å². The molecule has 4 heteroatoms. The van der Waals surface area contributed by atoms with Gasteiger partial charge in [-0.05, 0) is 39.7 Å². The van der Waals surface area contributed by atoms with Gasteiger partial charge < -0.3 is 5.32 Å². The van der Waals surface area contributed by atoms with Crippen LogP contribution in [0.2, 0.25) is 0 Å². The molecule has 1 aliphatic carbocycles. The van der Waals surface area contributed by atoms with Gasteiger partial charge in [-0.1, -0.05) is 13.3 Å². The summed E-state index contributed by atoms with van der Waals surface area (Å²) < 4.78 is 1.99. The summed E-state index contributed by atoms with van der Waals surface area (Å²) in [5, 5.41) is 8.03. The zero-order chi connectivity index (χ0) is 13.8. The molecule has 1 aromatic heterocycles. The monoisotopic (exact) mass is 264 g/mol. The molecule has 1 saturated carbocycles. The van der Waals surface area contributed by atoms with Gasteiger partial charge in [0.25, 0.3) is 0 Å². The van der Waals surface area contributed by atoms with E-state index in [4.69, 9.17) is 0 Å². The third-order valence-corrected chi connectivity index (χ3v) is 3.91. The van der Waals surface area contributed by atoms with Crippen molar-refractivity contribution in [3.63, 3.8) is 0 Å². The summed E-state index contributed by atoms with van der Waals surface area (Å²) >= 11 is 0. The van der Waals surface area contributed by atoms with Crippen molar-refractivity contribution in [2.45, 2.75) is 59.0 Å². The summed E-state index contributed by atoms with van der Waals surface area (Å²) in [4.78, 5) is 2.65. The summed E-state index contributed by atoms with van der Waals surface area (Å²) in [5.41, 5.74) is 2.55. The van der Waals surface area contributed by atoms with Crippen molar-refractivity contribution in [3.8, 4) is 0 Å². The van der Waals surface area contributed by atoms with Crippen molar-refractivity contribution in [2.24, 2.45) is 7.05 Å². The van der Waals surface area contributed by atoms with Crippen LogP contribution in [0, 0.1) is 6.92 Å². The van der Waals surface area contributed by atoms with Crippen LogP contribution in [0.25, 0.3) is 0 Å². The molecule has 0 unspecified atom stereocenters. The lowest BCUT2D eigenvalue weighted by Gasteiger charge is -2.22. The van der Waals surface area contributed by atoms with E-state index < -0.39 is 0 Å². The van der Waals surface area contributed by atoms with Gasteiger partial charge in [0.1, 0.15) is 5.82 Å². The largest absolute Gasteiger partial charge is 0.370 e. The Morgan fingerprint density at radius 1 is 1.37 bits per heavy atom. The lowest BCUT2D eigenvalue weighted by Crippen LogP contribution is -2.27. The van der Waals surface area contributed by atoms with Crippen molar-refractivity contribution >= 4 is 5.82 Å². The van der Waals surface area contributed by atoms with E-state index in [-0.39, 0.29) is 0 Å². The molecule has 108 valence electrons. The molecule has 1 heterocycles. The number of hydrogen-bond donors (Lipinski definition) is 1. The highest BCUT2D eigenvalue weighted by molar-refractivity contribution is 5.47. The van der Waals surface area contributed by atoms with Crippen molar-refractivity contribution < 1.29 is 0 Å². The van der Waals surface area contributed by atoms with Gasteiger partial charge in [0.2, 0.25) is 0 Å². The van der Waals surface area contributed by atoms with Crippen LogP contribution in [0.4, 0.5) is 5.82 Å². The second-order valence-corrected chi connectivity index (χ2v) is 5.62. The first kappa shape index (κ1) is 14.4. The minimum absolute atomic E-state index is 0.820. The average Bonchev–Trinajstić information content (AvgIpc) is 3.17. The predicted molar refractivity (Wildman–Crippen MR) is 80.4 cm³/mol. The van der Waals surface area contributed by atoms with Crippen molar-refractivity contribution in [1.29, 1.82) is 0 Å². The number of unbranched alkanes of at least 4 members (excludes halogenated alkanes) is 1. The predicted octanol–water partition coefficient (Wildman–Crippen LogP) is 2.92. The fraction of sp³-hybridized carbons (Fsp3) is 0.800. The summed E-state index contributed by atoms with van der Waals surface area (Å²) in [6.07, 6.45) is 5.32. The minimum Gasteiger partial charge on any atom is -0.370 e. The summed E-state index contributed by atoms with van der Waals surface area (Å²) in [6.45, 7) is 9.76. The van der Waals surface area contributed by atoms with Crippen molar-refractivity contribution in [2.75, 3.05) is 18.4 Å². The molecule has 0 bridgehead atoms. The fourth-order valence-electron chi connectivity index (χ4n) is 2.67. The molecule has 0 radical (unpaired) electrons. The molecular weight excluding hydrogens is 236 g/mol. The molecule has 1 fully saturated rings. The Hall–Kier alpha value is -1.03. The second kappa shape index (κ2) is 6.42. The third-order valence-electron chi connectivity index (χ3n) is 3.91. The smallest absolute Gasteiger partial charge is 0.128 e. The number of aromatic nitrogens is 2. The molecule has 0 spiro atoms. The molecule has 0 aromatic carbocycles. The molecule has 1 aliphatic rings. The van der Waals surface area contributed by atoms with E-state index in [1.54, 1.807) is 0 Å². The molecule has 4 nitrogen and oxygen atoms in total. The van der Waals surface area contributed by atoms with E-state index in [1.165, 1.54) is 49.3 Å². The van der Waals surface area contributed by atoms with Gasteiger partial charge in [-0.3, -0.25) is 9.58 Å². The third kappa shape index (κ3) is 3.50. The lowest BCUT2D eigenvalue weighted by atomic mass is 10.2. The van der Waals surface area contributed by atoms with E-state index in [0.717, 1.165) is 19.1 Å². The highest BCUT2D eigenvalue weighted by Crippen LogP contribution is 2.30. The number of hydrogen-bond acceptors (Lipinski definition) is 3. The maximum Gasteiger partial charge on any atom is 0.128 e. The second-order valence-electron chi connectivity index (χ2n) is 5.62.